The summed E-state index contributed by atoms with van der Waals surface area (Å²) >= 11 is 0. The van der Waals surface area contributed by atoms with Crippen LogP contribution in [0.2, 0.25) is 0 Å². The van der Waals surface area contributed by atoms with Crippen molar-refractivity contribution in [3.05, 3.63) is 23.8 Å². The predicted molar refractivity (Wildman–Crippen MR) is 112 cm³/mol. The van der Waals surface area contributed by atoms with Gasteiger partial charge in [0.1, 0.15) is 5.75 Å². The Bertz CT molecular complexity index is 954. The molecule has 2 amide bonds. The number of rotatable bonds is 5. The van der Waals surface area contributed by atoms with Gasteiger partial charge in [-0.05, 0) is 63.6 Å². The number of amides is 2. The third-order valence-electron chi connectivity index (χ3n) is 6.27. The van der Waals surface area contributed by atoms with Crippen LogP contribution in [0.4, 0.5) is 0 Å². The number of carbonyl (C=O) groups excluding carboxylic acids is 2. The monoisotopic (exact) mass is 434 g/mol. The molecule has 0 unspecified atom stereocenters. The summed E-state index contributed by atoms with van der Waals surface area (Å²) in [5, 5.41) is 0. The number of hydrogen-bond acceptors (Lipinski definition) is 5. The first-order chi connectivity index (χ1) is 14.1. The Morgan fingerprint density at radius 3 is 2.53 bits per heavy atom. The van der Waals surface area contributed by atoms with E-state index in [1.165, 1.54) is 12.1 Å². The molecule has 2 saturated heterocycles. The molecule has 7 nitrogen and oxygen atoms in total. The molecule has 0 bridgehead atoms. The second-order valence-corrected chi connectivity index (χ2v) is 11.1. The topological polar surface area (TPSA) is 84.0 Å². The molecule has 0 aromatic heterocycles. The Hall–Kier alpha value is -2.09. The summed E-state index contributed by atoms with van der Waals surface area (Å²) in [5.74, 6) is 0.730. The first kappa shape index (κ1) is 21.2. The van der Waals surface area contributed by atoms with Crippen LogP contribution in [0, 0.1) is 5.92 Å². The van der Waals surface area contributed by atoms with Crippen LogP contribution < -0.4 is 4.74 Å². The van der Waals surface area contributed by atoms with Gasteiger partial charge in [0.2, 0.25) is 5.91 Å². The van der Waals surface area contributed by atoms with Crippen LogP contribution >= 0.6 is 0 Å². The van der Waals surface area contributed by atoms with E-state index in [4.69, 9.17) is 4.74 Å². The first-order valence-electron chi connectivity index (χ1n) is 10.8. The summed E-state index contributed by atoms with van der Waals surface area (Å²) in [5.41, 5.74) is 0.288. The number of benzene rings is 1. The SMILES string of the molecule is CC(C)Oc1ccc(S(C)(=O)=O)cc1C(=O)N1CC[C@@H]2[C@@H](CCC(=O)N2C2CC2)C1. The van der Waals surface area contributed by atoms with Gasteiger partial charge in [-0.25, -0.2) is 8.42 Å². The van der Waals surface area contributed by atoms with Gasteiger partial charge in [-0.3, -0.25) is 9.59 Å². The van der Waals surface area contributed by atoms with Gasteiger partial charge in [0.15, 0.2) is 9.84 Å². The lowest BCUT2D eigenvalue weighted by Gasteiger charge is -2.47. The lowest BCUT2D eigenvalue weighted by molar-refractivity contribution is -0.141. The molecule has 2 heterocycles. The largest absolute Gasteiger partial charge is 0.490 e. The molecule has 1 saturated carbocycles. The Morgan fingerprint density at radius 2 is 1.90 bits per heavy atom. The van der Waals surface area contributed by atoms with Gasteiger partial charge in [-0.1, -0.05) is 0 Å². The standard InChI is InChI=1S/C22H30N2O5S/c1-14(2)29-20-8-7-17(30(3,27)28)12-18(20)22(26)23-11-10-19-15(13-23)4-9-21(25)24(19)16-5-6-16/h7-8,12,14-16,19H,4-6,9-11,13H2,1-3H3/t15-,19+/m0/s1. The number of piperidine rings is 2. The summed E-state index contributed by atoms with van der Waals surface area (Å²) in [4.78, 5) is 29.8. The van der Waals surface area contributed by atoms with Crippen LogP contribution in [-0.2, 0) is 14.6 Å². The molecule has 8 heteroatoms. The van der Waals surface area contributed by atoms with Crippen molar-refractivity contribution >= 4 is 21.7 Å². The maximum atomic E-state index is 13.4. The summed E-state index contributed by atoms with van der Waals surface area (Å²) in [7, 11) is -3.44. The third-order valence-corrected chi connectivity index (χ3v) is 7.38. The van der Waals surface area contributed by atoms with E-state index in [9.17, 15) is 18.0 Å². The maximum Gasteiger partial charge on any atom is 0.257 e. The van der Waals surface area contributed by atoms with Crippen LogP contribution in [-0.4, -0.2) is 67.6 Å². The van der Waals surface area contributed by atoms with Crippen molar-refractivity contribution in [2.75, 3.05) is 19.3 Å². The zero-order chi connectivity index (χ0) is 21.6. The number of fused-ring (bicyclic) bond motifs is 1. The first-order valence-corrected chi connectivity index (χ1v) is 12.7. The van der Waals surface area contributed by atoms with Crippen molar-refractivity contribution in [1.29, 1.82) is 0 Å². The summed E-state index contributed by atoms with van der Waals surface area (Å²) in [6.07, 6.45) is 5.29. The number of ether oxygens (including phenoxy) is 1. The normalized spacial score (nSPS) is 24.7. The van der Waals surface area contributed by atoms with E-state index < -0.39 is 9.84 Å². The van der Waals surface area contributed by atoms with Gasteiger partial charge in [-0.15, -0.1) is 0 Å². The minimum Gasteiger partial charge on any atom is -0.490 e. The Labute approximate surface area is 178 Å². The maximum absolute atomic E-state index is 13.4. The van der Waals surface area contributed by atoms with E-state index in [-0.39, 0.29) is 40.3 Å². The highest BCUT2D eigenvalue weighted by molar-refractivity contribution is 7.90. The zero-order valence-corrected chi connectivity index (χ0v) is 18.7. The van der Waals surface area contributed by atoms with Crippen molar-refractivity contribution in [1.82, 2.24) is 9.80 Å². The number of hydrogen-bond donors (Lipinski definition) is 0. The quantitative estimate of drug-likeness (QED) is 0.711. The van der Waals surface area contributed by atoms with E-state index >= 15 is 0 Å². The molecule has 2 atom stereocenters. The Morgan fingerprint density at radius 1 is 1.17 bits per heavy atom. The second-order valence-electron chi connectivity index (χ2n) is 9.03. The molecule has 2 aliphatic heterocycles. The molecule has 1 aromatic rings. The van der Waals surface area contributed by atoms with Crippen LogP contribution in [0.25, 0.3) is 0 Å². The molecule has 0 radical (unpaired) electrons. The average Bonchev–Trinajstić information content (AvgIpc) is 3.51. The Kier molecular flexibility index (Phi) is 5.55. The molecule has 164 valence electrons. The highest BCUT2D eigenvalue weighted by atomic mass is 32.2. The van der Waals surface area contributed by atoms with Crippen LogP contribution in [0.15, 0.2) is 23.1 Å². The summed E-state index contributed by atoms with van der Waals surface area (Å²) in [6.45, 7) is 4.89. The highest BCUT2D eigenvalue weighted by Crippen LogP contribution is 2.39. The molecule has 3 fully saturated rings. The van der Waals surface area contributed by atoms with Crippen molar-refractivity contribution < 1.29 is 22.7 Å². The minimum absolute atomic E-state index is 0.111. The predicted octanol–water partition coefficient (Wildman–Crippen LogP) is 2.49. The van der Waals surface area contributed by atoms with Gasteiger partial charge in [0, 0.05) is 37.8 Å². The van der Waals surface area contributed by atoms with Gasteiger partial charge in [0.05, 0.1) is 16.6 Å². The number of nitrogens with zero attached hydrogens (tertiary/aromatic N) is 2. The molecule has 3 aliphatic rings. The van der Waals surface area contributed by atoms with Crippen molar-refractivity contribution in [2.45, 2.75) is 69.0 Å². The van der Waals surface area contributed by atoms with Crippen LogP contribution in [0.1, 0.15) is 56.3 Å². The van der Waals surface area contributed by atoms with Gasteiger partial charge in [-0.2, -0.15) is 0 Å². The molecule has 30 heavy (non-hydrogen) atoms. The van der Waals surface area contributed by atoms with Crippen LogP contribution in [0.3, 0.4) is 0 Å². The third kappa shape index (κ3) is 4.19. The van der Waals surface area contributed by atoms with Crippen molar-refractivity contribution in [2.24, 2.45) is 5.92 Å². The average molecular weight is 435 g/mol. The molecule has 0 spiro atoms. The van der Waals surface area contributed by atoms with Gasteiger partial charge >= 0.3 is 0 Å². The summed E-state index contributed by atoms with van der Waals surface area (Å²) < 4.78 is 29.9. The van der Waals surface area contributed by atoms with Crippen LogP contribution in [0.5, 0.6) is 5.75 Å². The second kappa shape index (κ2) is 7.87. The Balaban J connectivity index is 1.58. The lowest BCUT2D eigenvalue weighted by Crippen LogP contribution is -2.57. The summed E-state index contributed by atoms with van der Waals surface area (Å²) in [6, 6.07) is 5.10. The van der Waals surface area contributed by atoms with Crippen molar-refractivity contribution in [3.63, 3.8) is 0 Å². The van der Waals surface area contributed by atoms with E-state index in [0.29, 0.717) is 31.3 Å². The number of sulfone groups is 1. The fourth-order valence-electron chi connectivity index (χ4n) is 4.74. The van der Waals surface area contributed by atoms with Crippen molar-refractivity contribution in [3.8, 4) is 5.75 Å². The van der Waals surface area contributed by atoms with E-state index in [1.54, 1.807) is 11.0 Å². The molecular weight excluding hydrogens is 404 g/mol. The smallest absolute Gasteiger partial charge is 0.257 e. The number of carbonyl (C=O) groups is 2. The molecular formula is C22H30N2O5S. The fraction of sp³-hybridized carbons (Fsp3) is 0.636. The van der Waals surface area contributed by atoms with E-state index in [0.717, 1.165) is 31.9 Å². The minimum atomic E-state index is -3.44. The molecule has 0 N–H and O–H groups in total. The van der Waals surface area contributed by atoms with E-state index in [2.05, 4.69) is 4.90 Å². The number of likely N-dealkylation sites (tertiary alicyclic amines) is 2. The molecule has 1 aliphatic carbocycles. The lowest BCUT2D eigenvalue weighted by atomic mass is 9.83. The molecule has 4 rings (SSSR count). The fourth-order valence-corrected chi connectivity index (χ4v) is 5.39. The van der Waals surface area contributed by atoms with Gasteiger partial charge < -0.3 is 14.5 Å². The van der Waals surface area contributed by atoms with E-state index in [1.807, 2.05) is 13.8 Å². The zero-order valence-electron chi connectivity index (χ0n) is 17.8. The highest BCUT2D eigenvalue weighted by Gasteiger charge is 2.46. The van der Waals surface area contributed by atoms with Gasteiger partial charge in [0.25, 0.3) is 5.91 Å². The molecule has 1 aromatic carbocycles.